The number of aryl methyl sites for hydroxylation is 1. The summed E-state index contributed by atoms with van der Waals surface area (Å²) < 4.78 is 43.9. The average Bonchev–Trinajstić information content (AvgIpc) is 2.70. The van der Waals surface area contributed by atoms with Crippen LogP contribution in [0.15, 0.2) is 73.1 Å². The van der Waals surface area contributed by atoms with Gasteiger partial charge in [-0.15, -0.1) is 0 Å². The molecule has 2 N–H and O–H groups in total. The number of alkyl halides is 2. The molecule has 30 heavy (non-hydrogen) atoms. The van der Waals surface area contributed by atoms with Crippen LogP contribution < -0.4 is 14.6 Å². The maximum absolute atomic E-state index is 13.3. The van der Waals surface area contributed by atoms with Crippen LogP contribution in [0.3, 0.4) is 0 Å². The van der Waals surface area contributed by atoms with Crippen LogP contribution >= 0.6 is 12.2 Å². The predicted molar refractivity (Wildman–Crippen MR) is 113 cm³/mol. The molecule has 0 aliphatic heterocycles. The Kier molecular flexibility index (Phi) is 6.68. The Morgan fingerprint density at radius 1 is 1.07 bits per heavy atom. The van der Waals surface area contributed by atoms with Gasteiger partial charge in [-0.1, -0.05) is 12.2 Å². The lowest BCUT2D eigenvalue weighted by Crippen LogP contribution is -2.38. The zero-order valence-corrected chi connectivity index (χ0v) is 16.7. The molecule has 0 saturated carbocycles. The van der Waals surface area contributed by atoms with Crippen molar-refractivity contribution in [2.24, 2.45) is 0 Å². The van der Waals surface area contributed by atoms with Crippen molar-refractivity contribution in [2.45, 2.75) is 13.5 Å². The predicted octanol–water partition coefficient (Wildman–Crippen LogP) is 5.35. The second-order valence-electron chi connectivity index (χ2n) is 6.35. The van der Waals surface area contributed by atoms with Crippen molar-refractivity contribution in [1.82, 2.24) is 0 Å². The minimum absolute atomic E-state index is 0.0134. The number of rotatable bonds is 6. The first-order valence-corrected chi connectivity index (χ1v) is 9.28. The summed E-state index contributed by atoms with van der Waals surface area (Å²) in [6.45, 7) is -1.02. The van der Waals surface area contributed by atoms with Crippen molar-refractivity contribution in [1.29, 1.82) is 0 Å². The van der Waals surface area contributed by atoms with Gasteiger partial charge in [-0.05, 0) is 61.5 Å². The minimum Gasteiger partial charge on any atom is -0.502 e. The first kappa shape index (κ1) is 21.3. The van der Waals surface area contributed by atoms with E-state index in [1.165, 1.54) is 48.5 Å². The van der Waals surface area contributed by atoms with Crippen molar-refractivity contribution in [3.8, 4) is 5.75 Å². The van der Waals surface area contributed by atoms with Gasteiger partial charge in [0.1, 0.15) is 11.6 Å². The van der Waals surface area contributed by atoms with Crippen LogP contribution in [0.5, 0.6) is 5.75 Å². The summed E-state index contributed by atoms with van der Waals surface area (Å²) in [5.41, 5.74) is 2.09. The molecule has 0 bridgehead atoms. The fourth-order valence-corrected chi connectivity index (χ4v) is 3.05. The van der Waals surface area contributed by atoms with E-state index in [4.69, 9.17) is 12.2 Å². The van der Waals surface area contributed by atoms with Crippen molar-refractivity contribution in [3.05, 3.63) is 90.0 Å². The second-order valence-corrected chi connectivity index (χ2v) is 6.76. The lowest BCUT2D eigenvalue weighted by Gasteiger charge is -2.11. The van der Waals surface area contributed by atoms with Crippen LogP contribution in [-0.2, 0) is 0 Å². The van der Waals surface area contributed by atoms with Crippen LogP contribution in [0.25, 0.3) is 11.5 Å². The maximum atomic E-state index is 13.3. The number of nitrogens with zero attached hydrogens (tertiary/aromatic N) is 1. The highest BCUT2D eigenvalue weighted by Crippen LogP contribution is 2.21. The molecule has 154 valence electrons. The molecule has 0 aliphatic carbocycles. The Morgan fingerprint density at radius 3 is 2.33 bits per heavy atom. The fraction of sp³-hybridized carbons (Fsp3) is 0.0909. The standard InChI is InChI=1S/C22H17F3N2O2S/c1-14-3-2-12-27(13-14)19(20(28)15-4-6-16(23)7-5-15)21(30)26-17-8-10-18(11-9-17)29-22(24)25/h2-13,22H,1H3,(H-,26,28,30)/p+1. The van der Waals surface area contributed by atoms with Crippen LogP contribution in [0.2, 0.25) is 0 Å². The molecule has 0 spiro atoms. The number of halogens is 3. The lowest BCUT2D eigenvalue weighted by atomic mass is 10.1. The van der Waals surface area contributed by atoms with Gasteiger partial charge in [0.15, 0.2) is 23.1 Å². The van der Waals surface area contributed by atoms with Gasteiger partial charge >= 0.3 is 6.61 Å². The number of thiocarbonyl (C=S) groups is 1. The summed E-state index contributed by atoms with van der Waals surface area (Å²) in [5, 5.41) is 13.9. The van der Waals surface area contributed by atoms with Gasteiger partial charge in [0.2, 0.25) is 0 Å². The highest BCUT2D eigenvalue weighted by molar-refractivity contribution is 7.81. The molecule has 3 aromatic rings. The third-order valence-electron chi connectivity index (χ3n) is 4.10. The van der Waals surface area contributed by atoms with E-state index in [0.717, 1.165) is 5.56 Å². The molecule has 2 aromatic carbocycles. The van der Waals surface area contributed by atoms with Crippen LogP contribution in [0.4, 0.5) is 18.9 Å². The molecular formula is C22H18F3N2O2S+. The Morgan fingerprint density at radius 2 is 1.73 bits per heavy atom. The van der Waals surface area contributed by atoms with E-state index in [0.29, 0.717) is 11.3 Å². The van der Waals surface area contributed by atoms with Gasteiger partial charge in [-0.25, -0.2) is 4.39 Å². The number of benzene rings is 2. The number of pyridine rings is 1. The molecule has 0 amide bonds. The van der Waals surface area contributed by atoms with Crippen molar-refractivity contribution < 1.29 is 27.6 Å². The zero-order chi connectivity index (χ0) is 21.7. The monoisotopic (exact) mass is 431 g/mol. The second kappa shape index (κ2) is 9.41. The summed E-state index contributed by atoms with van der Waals surface area (Å²) >= 11 is 5.51. The number of ether oxygens (including phenoxy) is 1. The van der Waals surface area contributed by atoms with Crippen LogP contribution in [0, 0.1) is 12.7 Å². The van der Waals surface area contributed by atoms with E-state index in [2.05, 4.69) is 10.1 Å². The van der Waals surface area contributed by atoms with Gasteiger partial charge < -0.3 is 15.2 Å². The summed E-state index contributed by atoms with van der Waals surface area (Å²) in [6.07, 6.45) is 3.50. The Labute approximate surface area is 176 Å². The Bertz CT molecular complexity index is 1070. The molecule has 0 unspecified atom stereocenters. The van der Waals surface area contributed by atoms with E-state index in [9.17, 15) is 18.3 Å². The molecule has 0 atom stereocenters. The summed E-state index contributed by atoms with van der Waals surface area (Å²) in [7, 11) is 0. The molecule has 8 heteroatoms. The van der Waals surface area contributed by atoms with Crippen molar-refractivity contribution in [2.75, 3.05) is 5.32 Å². The molecule has 4 nitrogen and oxygen atoms in total. The normalized spacial score (nSPS) is 11.8. The van der Waals surface area contributed by atoms with E-state index >= 15 is 0 Å². The van der Waals surface area contributed by atoms with E-state index in [-0.39, 0.29) is 22.2 Å². The zero-order valence-electron chi connectivity index (χ0n) is 15.9. The molecule has 3 rings (SSSR count). The SMILES string of the molecule is Cc1ccc[n+](/C(C(=S)Nc2ccc(OC(F)F)cc2)=C(/O)c2ccc(F)cc2)c1. The number of nitrogens with one attached hydrogen (secondary N) is 1. The highest BCUT2D eigenvalue weighted by Gasteiger charge is 2.24. The number of aliphatic hydroxyl groups excluding tert-OH is 1. The largest absolute Gasteiger partial charge is 0.502 e. The average molecular weight is 431 g/mol. The van der Waals surface area contributed by atoms with Gasteiger partial charge in [0.05, 0.1) is 0 Å². The molecule has 0 saturated heterocycles. The first-order chi connectivity index (χ1) is 14.3. The van der Waals surface area contributed by atoms with Crippen molar-refractivity contribution in [3.63, 3.8) is 0 Å². The lowest BCUT2D eigenvalue weighted by molar-refractivity contribution is -0.576. The van der Waals surface area contributed by atoms with Gasteiger partial charge in [0, 0.05) is 22.9 Å². The molecule has 1 aromatic heterocycles. The fourth-order valence-electron chi connectivity index (χ4n) is 2.73. The van der Waals surface area contributed by atoms with E-state index < -0.39 is 12.4 Å². The number of hydrogen-bond donors (Lipinski definition) is 2. The van der Waals surface area contributed by atoms with E-state index in [1.54, 1.807) is 23.0 Å². The summed E-state index contributed by atoms with van der Waals surface area (Å²) in [5.74, 6) is -0.566. The summed E-state index contributed by atoms with van der Waals surface area (Å²) in [4.78, 5) is 0.176. The molecular weight excluding hydrogens is 413 g/mol. The number of aliphatic hydroxyl groups is 1. The minimum atomic E-state index is -2.91. The maximum Gasteiger partial charge on any atom is 0.387 e. The molecule has 1 heterocycles. The molecule has 0 fully saturated rings. The summed E-state index contributed by atoms with van der Waals surface area (Å²) in [6, 6.07) is 14.9. The smallest absolute Gasteiger partial charge is 0.387 e. The van der Waals surface area contributed by atoms with Crippen LogP contribution in [-0.4, -0.2) is 16.7 Å². The highest BCUT2D eigenvalue weighted by atomic mass is 32.1. The number of anilines is 1. The van der Waals surface area contributed by atoms with Gasteiger partial charge in [-0.2, -0.15) is 13.3 Å². The van der Waals surface area contributed by atoms with Crippen molar-refractivity contribution >= 4 is 34.3 Å². The van der Waals surface area contributed by atoms with E-state index in [1.807, 2.05) is 13.0 Å². The quantitative estimate of drug-likeness (QED) is 0.239. The van der Waals surface area contributed by atoms with Gasteiger partial charge in [-0.3, -0.25) is 0 Å². The topological polar surface area (TPSA) is 45.4 Å². The van der Waals surface area contributed by atoms with Gasteiger partial charge in [0.25, 0.3) is 5.70 Å². The molecule has 0 radical (unpaired) electrons. The third-order valence-corrected chi connectivity index (χ3v) is 4.40. The molecule has 0 aliphatic rings. The Hall–Kier alpha value is -3.39. The number of hydrogen-bond acceptors (Lipinski definition) is 3. The number of aromatic nitrogens is 1. The third kappa shape index (κ3) is 5.36. The first-order valence-electron chi connectivity index (χ1n) is 8.87. The van der Waals surface area contributed by atoms with Crippen LogP contribution in [0.1, 0.15) is 11.1 Å². The Balaban J connectivity index is 1.96.